The Morgan fingerprint density at radius 3 is 2.53 bits per heavy atom. The zero-order valence-corrected chi connectivity index (χ0v) is 26.0. The molecule has 4 fully saturated rings. The molecule has 1 aliphatic carbocycles. The number of likely N-dealkylation sites (tertiary alicyclic amines) is 1. The molecule has 7 nitrogen and oxygen atoms in total. The molecule has 244 valence electrons. The third kappa shape index (κ3) is 5.22. The number of phenolic OH excluding ortho intramolecular Hbond substituents is 1. The molecule has 2 bridgehead atoms. The fourth-order valence-electron chi connectivity index (χ4n) is 7.83. The van der Waals surface area contributed by atoms with Crippen molar-refractivity contribution in [2.24, 2.45) is 5.41 Å². The molecule has 1 aromatic heterocycles. The third-order valence-corrected chi connectivity index (χ3v) is 10.4. The molecule has 4 aliphatic rings. The fourth-order valence-corrected chi connectivity index (χ4v) is 7.83. The molecular formula is C36H35F4N5O2. The van der Waals surface area contributed by atoms with Gasteiger partial charge in [-0.25, -0.2) is 17.6 Å². The molecule has 4 atom stereocenters. The Kier molecular flexibility index (Phi) is 7.22. The molecule has 2 unspecified atom stereocenters. The van der Waals surface area contributed by atoms with Crippen molar-refractivity contribution in [2.75, 3.05) is 37.7 Å². The van der Waals surface area contributed by atoms with E-state index < -0.39 is 34.6 Å². The maximum Gasteiger partial charge on any atom is 0.319 e. The van der Waals surface area contributed by atoms with E-state index in [1.54, 1.807) is 0 Å². The number of rotatable bonds is 6. The summed E-state index contributed by atoms with van der Waals surface area (Å²) in [6.07, 6.45) is 9.13. The number of benzene rings is 3. The number of fused-ring (bicyclic) bond motifs is 4. The van der Waals surface area contributed by atoms with Gasteiger partial charge in [-0.3, -0.25) is 4.90 Å². The lowest BCUT2D eigenvalue weighted by atomic mass is 9.81. The van der Waals surface area contributed by atoms with E-state index in [9.17, 15) is 9.50 Å². The number of terminal acetylenes is 1. The fraction of sp³-hybridized carbons (Fsp3) is 0.444. The number of halogens is 4. The third-order valence-electron chi connectivity index (χ3n) is 10.4. The van der Waals surface area contributed by atoms with E-state index >= 15 is 13.2 Å². The van der Waals surface area contributed by atoms with Crippen molar-refractivity contribution in [3.63, 3.8) is 0 Å². The number of hydrogen-bond acceptors (Lipinski definition) is 7. The van der Waals surface area contributed by atoms with Gasteiger partial charge in [0.05, 0.1) is 11.1 Å². The first-order valence-corrected chi connectivity index (χ1v) is 16.3. The number of anilines is 1. The molecule has 47 heavy (non-hydrogen) atoms. The van der Waals surface area contributed by atoms with Gasteiger partial charge >= 0.3 is 6.01 Å². The molecular weight excluding hydrogens is 610 g/mol. The van der Waals surface area contributed by atoms with E-state index in [4.69, 9.17) is 16.1 Å². The normalized spacial score (nSPS) is 26.2. The Balaban J connectivity index is 1.27. The molecule has 4 aromatic rings. The van der Waals surface area contributed by atoms with Crippen LogP contribution in [0.3, 0.4) is 0 Å². The van der Waals surface area contributed by atoms with Gasteiger partial charge in [-0.2, -0.15) is 9.97 Å². The minimum Gasteiger partial charge on any atom is -0.508 e. The number of piperidine rings is 1. The van der Waals surface area contributed by atoms with Gasteiger partial charge in [0, 0.05) is 66.1 Å². The molecule has 0 spiro atoms. The molecule has 11 heteroatoms. The first-order chi connectivity index (χ1) is 22.6. The van der Waals surface area contributed by atoms with Gasteiger partial charge in [0.25, 0.3) is 0 Å². The highest BCUT2D eigenvalue weighted by atomic mass is 19.1. The SMILES string of the molecule is C#Cc1c(F)ccc2cc(O)cc(-c3c(F)cc4c(N5C[C@H]6CC[C@@H](C5)N6)nc(OCC5(C)CN(C6CC6)CCC5F)nc4c3F)c12. The number of ether oxygens (including phenoxy) is 1. The Hall–Kier alpha value is -4.14. The monoisotopic (exact) mass is 645 g/mol. The van der Waals surface area contributed by atoms with Crippen LogP contribution >= 0.6 is 0 Å². The summed E-state index contributed by atoms with van der Waals surface area (Å²) in [5.41, 5.74) is -1.83. The van der Waals surface area contributed by atoms with Crippen molar-refractivity contribution in [1.29, 1.82) is 0 Å². The van der Waals surface area contributed by atoms with Gasteiger partial charge in [-0.05, 0) is 61.8 Å². The van der Waals surface area contributed by atoms with Crippen LogP contribution in [0.15, 0.2) is 30.3 Å². The van der Waals surface area contributed by atoms with Gasteiger partial charge in [0.2, 0.25) is 0 Å². The number of hydrogen-bond donors (Lipinski definition) is 2. The minimum absolute atomic E-state index is 0.0210. The Morgan fingerprint density at radius 1 is 1.04 bits per heavy atom. The van der Waals surface area contributed by atoms with E-state index in [1.165, 1.54) is 24.3 Å². The van der Waals surface area contributed by atoms with Gasteiger partial charge in [0.15, 0.2) is 5.82 Å². The highest BCUT2D eigenvalue weighted by Gasteiger charge is 2.45. The second kappa shape index (κ2) is 11.2. The van der Waals surface area contributed by atoms with Crippen LogP contribution in [0.25, 0.3) is 32.8 Å². The molecule has 1 saturated carbocycles. The predicted molar refractivity (Wildman–Crippen MR) is 172 cm³/mol. The van der Waals surface area contributed by atoms with E-state index in [0.29, 0.717) is 49.8 Å². The smallest absolute Gasteiger partial charge is 0.319 e. The summed E-state index contributed by atoms with van der Waals surface area (Å²) in [5, 5.41) is 14.6. The standard InChI is InChI=1S/C36H35F4N5O2/c1-3-24-27(37)9-4-19-12-23(46)13-25(30(19)24)31-28(38)14-26-33(32(31)40)42-35(43-34(26)45-15-20-5-6-21(16-45)41-20)47-18-36(2)17-44(22-7-8-22)11-10-29(36)39/h1,4,9,12-14,20-22,29,41,46H,5-8,10-11,15-18H2,2H3/t20-,21+,29?,36?. The average molecular weight is 646 g/mol. The zero-order chi connectivity index (χ0) is 32.6. The van der Waals surface area contributed by atoms with Gasteiger partial charge < -0.3 is 20.1 Å². The first kappa shape index (κ1) is 30.2. The number of alkyl halides is 1. The average Bonchev–Trinajstić information content (AvgIpc) is 3.85. The highest BCUT2D eigenvalue weighted by Crippen LogP contribution is 2.43. The Bertz CT molecular complexity index is 1950. The Labute approximate surface area is 269 Å². The zero-order valence-electron chi connectivity index (χ0n) is 26.0. The Morgan fingerprint density at radius 2 is 1.81 bits per heavy atom. The van der Waals surface area contributed by atoms with Gasteiger partial charge in [-0.15, -0.1) is 6.42 Å². The van der Waals surface area contributed by atoms with E-state index in [-0.39, 0.29) is 57.9 Å². The summed E-state index contributed by atoms with van der Waals surface area (Å²) in [4.78, 5) is 13.5. The van der Waals surface area contributed by atoms with Crippen molar-refractivity contribution in [3.8, 4) is 35.2 Å². The summed E-state index contributed by atoms with van der Waals surface area (Å²) >= 11 is 0. The number of phenols is 1. The van der Waals surface area contributed by atoms with E-state index in [2.05, 4.69) is 21.1 Å². The van der Waals surface area contributed by atoms with Crippen LogP contribution in [0.5, 0.6) is 11.8 Å². The summed E-state index contributed by atoms with van der Waals surface area (Å²) in [5.74, 6) is -0.355. The molecule has 3 aliphatic heterocycles. The molecule has 0 amide bonds. The van der Waals surface area contributed by atoms with Gasteiger partial charge in [0.1, 0.15) is 41.5 Å². The molecule has 2 N–H and O–H groups in total. The quantitative estimate of drug-likeness (QED) is 0.194. The lowest BCUT2D eigenvalue weighted by Gasteiger charge is -2.42. The molecule has 4 heterocycles. The van der Waals surface area contributed by atoms with Crippen molar-refractivity contribution in [2.45, 2.75) is 63.3 Å². The minimum atomic E-state index is -1.09. The first-order valence-electron chi connectivity index (χ1n) is 16.3. The van der Waals surface area contributed by atoms with Crippen molar-refractivity contribution in [3.05, 3.63) is 53.3 Å². The largest absolute Gasteiger partial charge is 0.508 e. The summed E-state index contributed by atoms with van der Waals surface area (Å²) < 4.78 is 69.5. The number of aromatic hydroxyl groups is 1. The summed E-state index contributed by atoms with van der Waals surface area (Å²) in [6, 6.07) is 6.99. The van der Waals surface area contributed by atoms with Crippen LogP contribution in [0.1, 0.15) is 44.6 Å². The van der Waals surface area contributed by atoms with Crippen LogP contribution in [0.2, 0.25) is 0 Å². The van der Waals surface area contributed by atoms with Crippen LogP contribution in [-0.4, -0.2) is 77.1 Å². The molecule has 0 radical (unpaired) electrons. The number of nitrogens with one attached hydrogen (secondary N) is 1. The highest BCUT2D eigenvalue weighted by molar-refractivity contribution is 6.04. The van der Waals surface area contributed by atoms with Crippen LogP contribution in [0.4, 0.5) is 23.4 Å². The summed E-state index contributed by atoms with van der Waals surface area (Å²) in [6.45, 7) is 4.23. The van der Waals surface area contributed by atoms with Crippen LogP contribution in [-0.2, 0) is 0 Å². The van der Waals surface area contributed by atoms with Crippen molar-refractivity contribution in [1.82, 2.24) is 20.2 Å². The number of piperazine rings is 1. The van der Waals surface area contributed by atoms with Crippen molar-refractivity contribution >= 4 is 27.5 Å². The lowest BCUT2D eigenvalue weighted by molar-refractivity contribution is -0.0200. The topological polar surface area (TPSA) is 73.8 Å². The maximum absolute atomic E-state index is 16.9. The molecule has 8 rings (SSSR count). The van der Waals surface area contributed by atoms with E-state index in [0.717, 1.165) is 31.7 Å². The van der Waals surface area contributed by atoms with E-state index in [1.807, 2.05) is 11.8 Å². The second-order valence-electron chi connectivity index (χ2n) is 13.9. The van der Waals surface area contributed by atoms with Crippen molar-refractivity contribution < 1.29 is 27.4 Å². The van der Waals surface area contributed by atoms with Gasteiger partial charge in [-0.1, -0.05) is 18.9 Å². The maximum atomic E-state index is 16.9. The lowest BCUT2D eigenvalue weighted by Crippen LogP contribution is -2.52. The molecule has 3 aromatic carbocycles. The summed E-state index contributed by atoms with van der Waals surface area (Å²) in [7, 11) is 0. The predicted octanol–water partition coefficient (Wildman–Crippen LogP) is 6.09. The second-order valence-corrected chi connectivity index (χ2v) is 13.9. The number of nitrogens with zero attached hydrogens (tertiary/aromatic N) is 4. The van der Waals surface area contributed by atoms with Crippen LogP contribution in [0, 0.1) is 35.2 Å². The van der Waals surface area contributed by atoms with Crippen LogP contribution < -0.4 is 15.0 Å². The molecule has 3 saturated heterocycles. The number of aromatic nitrogens is 2.